The van der Waals surface area contributed by atoms with Crippen LogP contribution in [0, 0.1) is 0 Å². The Bertz CT molecular complexity index is 1600. The number of thiazole rings is 1. The highest BCUT2D eigenvalue weighted by Crippen LogP contribution is 2.30. The molecule has 4 aromatic carbocycles. The smallest absolute Gasteiger partial charge is 0.239 e. The highest BCUT2D eigenvalue weighted by atomic mass is 35.5. The summed E-state index contributed by atoms with van der Waals surface area (Å²) in [4.78, 5) is 30.9. The van der Waals surface area contributed by atoms with Gasteiger partial charge in [0.15, 0.2) is 5.13 Å². The quantitative estimate of drug-likeness (QED) is 0.190. The molecule has 38 heavy (non-hydrogen) atoms. The second kappa shape index (κ2) is 11.8. The molecule has 190 valence electrons. The van der Waals surface area contributed by atoms with Crippen molar-refractivity contribution in [3.05, 3.63) is 107 Å². The summed E-state index contributed by atoms with van der Waals surface area (Å²) in [7, 11) is 0. The first-order valence-corrected chi connectivity index (χ1v) is 14.1. The standard InChI is InChI=1S/C30H24ClN3O2S2/c1-19(38-26-8-4-7-25(17-26)32-28(35)15-20-9-13-24(31)14-10-20)29(36)34-30-33-27(18-37-30)23-12-11-21-5-2-3-6-22(21)16-23/h2-14,16-19H,15H2,1H3,(H,32,35)(H,33,34,36). The number of aromatic nitrogens is 1. The SMILES string of the molecule is CC(Sc1cccc(NC(=O)Cc2ccc(Cl)cc2)c1)C(=O)Nc1nc(-c2ccc3ccccc3c2)cs1. The van der Waals surface area contributed by atoms with E-state index >= 15 is 0 Å². The Kier molecular flexibility index (Phi) is 8.08. The number of hydrogen-bond donors (Lipinski definition) is 2. The average molecular weight is 558 g/mol. The van der Waals surface area contributed by atoms with Gasteiger partial charge in [0.05, 0.1) is 17.4 Å². The third kappa shape index (κ3) is 6.61. The molecule has 0 aliphatic heterocycles. The van der Waals surface area contributed by atoms with Crippen molar-refractivity contribution in [1.82, 2.24) is 4.98 Å². The van der Waals surface area contributed by atoms with E-state index < -0.39 is 0 Å². The number of rotatable bonds is 8. The molecule has 0 radical (unpaired) electrons. The van der Waals surface area contributed by atoms with Crippen molar-refractivity contribution in [2.75, 3.05) is 10.6 Å². The number of amides is 2. The first-order chi connectivity index (χ1) is 18.4. The molecule has 2 N–H and O–H groups in total. The van der Waals surface area contributed by atoms with Crippen LogP contribution in [-0.2, 0) is 16.0 Å². The second-order valence-corrected chi connectivity index (χ2v) is 11.4. The Morgan fingerprint density at radius 1 is 0.921 bits per heavy atom. The fourth-order valence-electron chi connectivity index (χ4n) is 3.92. The number of nitrogens with one attached hydrogen (secondary N) is 2. The van der Waals surface area contributed by atoms with Crippen LogP contribution in [0.4, 0.5) is 10.8 Å². The lowest BCUT2D eigenvalue weighted by Crippen LogP contribution is -2.22. The highest BCUT2D eigenvalue weighted by molar-refractivity contribution is 8.00. The van der Waals surface area contributed by atoms with Gasteiger partial charge in [-0.05, 0) is 59.7 Å². The van der Waals surface area contributed by atoms with Crippen LogP contribution in [0.1, 0.15) is 12.5 Å². The second-order valence-electron chi connectivity index (χ2n) is 8.73. The van der Waals surface area contributed by atoms with Crippen LogP contribution in [0.15, 0.2) is 101 Å². The highest BCUT2D eigenvalue weighted by Gasteiger charge is 2.17. The number of benzene rings is 4. The molecule has 1 aromatic heterocycles. The lowest BCUT2D eigenvalue weighted by molar-refractivity contribution is -0.116. The number of anilines is 2. The van der Waals surface area contributed by atoms with Crippen LogP contribution in [0.5, 0.6) is 0 Å². The van der Waals surface area contributed by atoms with Gasteiger partial charge in [-0.3, -0.25) is 9.59 Å². The number of fused-ring (bicyclic) bond motifs is 1. The zero-order chi connectivity index (χ0) is 26.5. The molecule has 1 atom stereocenters. The molecule has 5 nitrogen and oxygen atoms in total. The summed E-state index contributed by atoms with van der Waals surface area (Å²) in [6, 6.07) is 29.1. The summed E-state index contributed by atoms with van der Waals surface area (Å²) in [6.45, 7) is 1.85. The van der Waals surface area contributed by atoms with Crippen molar-refractivity contribution in [3.63, 3.8) is 0 Å². The Morgan fingerprint density at radius 2 is 1.71 bits per heavy atom. The average Bonchev–Trinajstić information content (AvgIpc) is 3.38. The van der Waals surface area contributed by atoms with E-state index in [0.717, 1.165) is 27.1 Å². The number of nitrogens with zero attached hydrogens (tertiary/aromatic N) is 1. The normalized spacial score (nSPS) is 11.7. The molecule has 5 aromatic rings. The molecule has 0 saturated heterocycles. The van der Waals surface area contributed by atoms with Gasteiger partial charge in [0, 0.05) is 26.5 Å². The van der Waals surface area contributed by atoms with E-state index in [9.17, 15) is 9.59 Å². The van der Waals surface area contributed by atoms with Crippen LogP contribution in [-0.4, -0.2) is 22.0 Å². The van der Waals surface area contributed by atoms with E-state index in [-0.39, 0.29) is 23.5 Å². The minimum Gasteiger partial charge on any atom is -0.326 e. The maximum Gasteiger partial charge on any atom is 0.239 e. The Balaban J connectivity index is 1.17. The van der Waals surface area contributed by atoms with E-state index in [1.54, 1.807) is 12.1 Å². The molecule has 5 rings (SSSR count). The molecular weight excluding hydrogens is 534 g/mol. The summed E-state index contributed by atoms with van der Waals surface area (Å²) < 4.78 is 0. The summed E-state index contributed by atoms with van der Waals surface area (Å²) in [5.74, 6) is -0.252. The van der Waals surface area contributed by atoms with Gasteiger partial charge in [-0.1, -0.05) is 66.2 Å². The third-order valence-corrected chi connectivity index (χ3v) is 7.96. The van der Waals surface area contributed by atoms with Crippen LogP contribution < -0.4 is 10.6 Å². The maximum atomic E-state index is 12.9. The number of thioether (sulfide) groups is 1. The van der Waals surface area contributed by atoms with Crippen molar-refractivity contribution in [1.29, 1.82) is 0 Å². The predicted octanol–water partition coefficient (Wildman–Crippen LogP) is 7.92. The van der Waals surface area contributed by atoms with Crippen LogP contribution in [0.2, 0.25) is 5.02 Å². The van der Waals surface area contributed by atoms with E-state index in [1.807, 2.05) is 66.9 Å². The molecule has 2 amide bonds. The van der Waals surface area contributed by atoms with E-state index in [1.165, 1.54) is 28.5 Å². The maximum absolute atomic E-state index is 12.9. The molecule has 0 aliphatic carbocycles. The van der Waals surface area contributed by atoms with Gasteiger partial charge < -0.3 is 10.6 Å². The Morgan fingerprint density at radius 3 is 2.53 bits per heavy atom. The minimum atomic E-state index is -0.358. The van der Waals surface area contributed by atoms with Crippen molar-refractivity contribution in [3.8, 4) is 11.3 Å². The van der Waals surface area contributed by atoms with Gasteiger partial charge in [0.25, 0.3) is 0 Å². The largest absolute Gasteiger partial charge is 0.326 e. The minimum absolute atomic E-state index is 0.119. The third-order valence-electron chi connectivity index (χ3n) is 5.86. The fourth-order valence-corrected chi connectivity index (χ4v) is 5.69. The monoisotopic (exact) mass is 557 g/mol. The fraction of sp³-hybridized carbons (Fsp3) is 0.100. The van der Waals surface area contributed by atoms with Gasteiger partial charge in [-0.25, -0.2) is 4.98 Å². The van der Waals surface area contributed by atoms with Crippen LogP contribution >= 0.6 is 34.7 Å². The lowest BCUT2D eigenvalue weighted by atomic mass is 10.1. The van der Waals surface area contributed by atoms with Gasteiger partial charge >= 0.3 is 0 Å². The first-order valence-electron chi connectivity index (χ1n) is 12.0. The van der Waals surface area contributed by atoms with Crippen molar-refractivity contribution < 1.29 is 9.59 Å². The van der Waals surface area contributed by atoms with E-state index in [0.29, 0.717) is 15.8 Å². The van der Waals surface area contributed by atoms with Crippen LogP contribution in [0.3, 0.4) is 0 Å². The molecule has 1 heterocycles. The molecule has 0 saturated carbocycles. The summed E-state index contributed by atoms with van der Waals surface area (Å²) >= 11 is 8.74. The van der Waals surface area contributed by atoms with Gasteiger partial charge in [0.1, 0.15) is 0 Å². The number of carbonyl (C=O) groups is 2. The first kappa shape index (κ1) is 26.0. The molecule has 0 aliphatic rings. The molecule has 0 spiro atoms. The molecule has 0 fully saturated rings. The van der Waals surface area contributed by atoms with Gasteiger partial charge in [-0.15, -0.1) is 23.1 Å². The predicted molar refractivity (Wildman–Crippen MR) is 159 cm³/mol. The zero-order valence-electron chi connectivity index (χ0n) is 20.5. The number of carbonyl (C=O) groups excluding carboxylic acids is 2. The van der Waals surface area contributed by atoms with Gasteiger partial charge in [0.2, 0.25) is 11.8 Å². The molecule has 0 bridgehead atoms. The van der Waals surface area contributed by atoms with Gasteiger partial charge in [-0.2, -0.15) is 0 Å². The van der Waals surface area contributed by atoms with E-state index in [2.05, 4.69) is 39.9 Å². The number of hydrogen-bond acceptors (Lipinski definition) is 5. The number of halogens is 1. The summed E-state index contributed by atoms with van der Waals surface area (Å²) in [5.41, 5.74) is 3.41. The topological polar surface area (TPSA) is 71.1 Å². The summed E-state index contributed by atoms with van der Waals surface area (Å²) in [5, 5.41) is 11.0. The molecular formula is C30H24ClN3O2S2. The Labute approximate surface area is 234 Å². The van der Waals surface area contributed by atoms with Crippen molar-refractivity contribution in [2.45, 2.75) is 23.5 Å². The van der Waals surface area contributed by atoms with Crippen LogP contribution in [0.25, 0.3) is 22.0 Å². The summed E-state index contributed by atoms with van der Waals surface area (Å²) in [6.07, 6.45) is 0.252. The lowest BCUT2D eigenvalue weighted by Gasteiger charge is -2.12. The van der Waals surface area contributed by atoms with E-state index in [4.69, 9.17) is 11.6 Å². The molecule has 1 unspecified atom stereocenters. The zero-order valence-corrected chi connectivity index (χ0v) is 22.9. The van der Waals surface area contributed by atoms with Crippen molar-refractivity contribution >= 4 is 68.1 Å². The van der Waals surface area contributed by atoms with Crippen molar-refractivity contribution in [2.24, 2.45) is 0 Å². The Hall–Kier alpha value is -3.65. The molecule has 8 heteroatoms.